The first-order chi connectivity index (χ1) is 14.9. The fraction of sp³-hybridized carbons (Fsp3) is 0.400. The number of fused-ring (bicyclic) bond motifs is 3. The van der Waals surface area contributed by atoms with E-state index in [1.807, 2.05) is 44.2 Å². The molecule has 6 heteroatoms. The molecule has 2 amide bonds. The van der Waals surface area contributed by atoms with Crippen LogP contribution in [-0.4, -0.2) is 37.2 Å². The van der Waals surface area contributed by atoms with Crippen molar-refractivity contribution in [1.29, 1.82) is 0 Å². The van der Waals surface area contributed by atoms with Crippen LogP contribution >= 0.6 is 0 Å². The van der Waals surface area contributed by atoms with Crippen LogP contribution in [0.3, 0.4) is 0 Å². The highest BCUT2D eigenvalue weighted by Gasteiger charge is 2.38. The Morgan fingerprint density at radius 2 is 1.94 bits per heavy atom. The Bertz CT molecular complexity index is 1120. The van der Waals surface area contributed by atoms with Gasteiger partial charge in [-0.05, 0) is 81.0 Å². The van der Waals surface area contributed by atoms with Crippen LogP contribution in [0.5, 0.6) is 5.75 Å². The molecule has 5 rings (SSSR count). The molecule has 1 aliphatic carbocycles. The van der Waals surface area contributed by atoms with Gasteiger partial charge in [0.05, 0.1) is 29.5 Å². The summed E-state index contributed by atoms with van der Waals surface area (Å²) in [6, 6.07) is 9.89. The fourth-order valence-corrected chi connectivity index (χ4v) is 4.75. The lowest BCUT2D eigenvalue weighted by molar-refractivity contribution is -0.123. The summed E-state index contributed by atoms with van der Waals surface area (Å²) in [5.41, 5.74) is 6.55. The number of anilines is 2. The first kappa shape index (κ1) is 19.8. The number of aryl methyl sites for hydroxylation is 3. The number of amides is 2. The van der Waals surface area contributed by atoms with Gasteiger partial charge in [0.15, 0.2) is 0 Å². The maximum atomic E-state index is 13.6. The molecule has 0 bridgehead atoms. The molecule has 0 saturated heterocycles. The molecule has 0 spiro atoms. The topological polar surface area (TPSA) is 62.2 Å². The average molecular weight is 418 g/mol. The molecule has 0 N–H and O–H groups in total. The van der Waals surface area contributed by atoms with Crippen LogP contribution in [0.1, 0.15) is 36.0 Å². The van der Waals surface area contributed by atoms with Crippen molar-refractivity contribution in [3.63, 3.8) is 0 Å². The van der Waals surface area contributed by atoms with E-state index in [2.05, 4.69) is 6.92 Å². The molecule has 2 aliphatic heterocycles. The predicted octanol–water partition coefficient (Wildman–Crippen LogP) is 4.26. The molecule has 6 nitrogen and oxygen atoms in total. The van der Waals surface area contributed by atoms with E-state index in [9.17, 15) is 9.59 Å². The monoisotopic (exact) mass is 417 g/mol. The van der Waals surface area contributed by atoms with Crippen LogP contribution in [-0.2, 0) is 9.59 Å². The molecule has 1 saturated carbocycles. The first-order valence-corrected chi connectivity index (χ1v) is 11.0. The third-order valence-corrected chi connectivity index (χ3v) is 6.61. The van der Waals surface area contributed by atoms with Crippen molar-refractivity contribution in [3.8, 4) is 5.75 Å². The van der Waals surface area contributed by atoms with E-state index >= 15 is 0 Å². The Hall–Kier alpha value is -3.15. The van der Waals surface area contributed by atoms with Gasteiger partial charge in [-0.3, -0.25) is 14.6 Å². The molecule has 2 aromatic carbocycles. The van der Waals surface area contributed by atoms with Crippen LogP contribution < -0.4 is 14.5 Å². The van der Waals surface area contributed by atoms with Crippen molar-refractivity contribution >= 4 is 34.6 Å². The third-order valence-electron chi connectivity index (χ3n) is 6.61. The lowest BCUT2D eigenvalue weighted by Crippen LogP contribution is -2.47. The van der Waals surface area contributed by atoms with Crippen LogP contribution in [0.4, 0.5) is 17.1 Å². The molecule has 1 atom stereocenters. The van der Waals surface area contributed by atoms with E-state index in [0.29, 0.717) is 18.9 Å². The van der Waals surface area contributed by atoms with Gasteiger partial charge in [0.25, 0.3) is 0 Å². The average Bonchev–Trinajstić information content (AvgIpc) is 3.18. The number of hydrogen-bond acceptors (Lipinski definition) is 4. The lowest BCUT2D eigenvalue weighted by atomic mass is 10.0. The highest BCUT2D eigenvalue weighted by atomic mass is 16.5. The molecule has 1 fully saturated rings. The Labute approximate surface area is 182 Å². The summed E-state index contributed by atoms with van der Waals surface area (Å²) in [5, 5.41) is 0. The highest BCUT2D eigenvalue weighted by Crippen LogP contribution is 2.40. The summed E-state index contributed by atoms with van der Waals surface area (Å²) in [6.07, 6.45) is 2.61. The predicted molar refractivity (Wildman–Crippen MR) is 122 cm³/mol. The maximum absolute atomic E-state index is 13.6. The Kier molecular flexibility index (Phi) is 4.80. The summed E-state index contributed by atoms with van der Waals surface area (Å²) in [6.45, 7) is 7.00. The molecule has 1 unspecified atom stereocenters. The number of rotatable bonds is 2. The summed E-state index contributed by atoms with van der Waals surface area (Å²) < 4.78 is 5.74. The molecule has 2 aromatic rings. The second kappa shape index (κ2) is 7.52. The molecule has 2 heterocycles. The number of benzene rings is 2. The summed E-state index contributed by atoms with van der Waals surface area (Å²) >= 11 is 0. The largest absolute Gasteiger partial charge is 0.490 e. The maximum Gasteiger partial charge on any atom is 0.247 e. The minimum atomic E-state index is -0.222. The first-order valence-electron chi connectivity index (χ1n) is 11.0. The van der Waals surface area contributed by atoms with Gasteiger partial charge < -0.3 is 14.5 Å². The summed E-state index contributed by atoms with van der Waals surface area (Å²) in [7, 11) is 0. The van der Waals surface area contributed by atoms with Crippen LogP contribution in [0, 0.1) is 26.7 Å². The Balaban J connectivity index is 1.52. The second-order valence-electron chi connectivity index (χ2n) is 8.76. The SMILES string of the molecule is Cc1ccc2c(c1)N(C(=O)CN1C(=O)C3CCCC3=Nc3cc(C)c(C)cc31)CCO2. The van der Waals surface area contributed by atoms with Crippen molar-refractivity contribution in [2.75, 3.05) is 29.5 Å². The van der Waals surface area contributed by atoms with Gasteiger partial charge >= 0.3 is 0 Å². The molecule has 160 valence electrons. The van der Waals surface area contributed by atoms with Gasteiger partial charge in [-0.1, -0.05) is 6.07 Å². The minimum absolute atomic E-state index is 0.00101. The number of nitrogens with zero attached hydrogens (tertiary/aromatic N) is 3. The number of ether oxygens (including phenoxy) is 1. The second-order valence-corrected chi connectivity index (χ2v) is 8.76. The summed E-state index contributed by atoms with van der Waals surface area (Å²) in [5.74, 6) is 0.374. The van der Waals surface area contributed by atoms with Gasteiger partial charge in [-0.2, -0.15) is 0 Å². The standard InChI is InChI=1S/C25H27N3O3/c1-15-7-8-23-22(11-15)27(9-10-31-23)24(29)14-28-21-13-17(3)16(2)12-20(21)26-19-6-4-5-18(19)25(28)30/h7-8,11-13,18H,4-6,9-10,14H2,1-3H3. The van der Waals surface area contributed by atoms with E-state index in [-0.39, 0.29) is 24.3 Å². The van der Waals surface area contributed by atoms with Crippen LogP contribution in [0.2, 0.25) is 0 Å². The molecular formula is C25H27N3O3. The third kappa shape index (κ3) is 3.40. The molecule has 0 radical (unpaired) electrons. The van der Waals surface area contributed by atoms with E-state index in [1.54, 1.807) is 9.80 Å². The molecule has 0 aromatic heterocycles. The van der Waals surface area contributed by atoms with Gasteiger partial charge in [-0.25, -0.2) is 0 Å². The summed E-state index contributed by atoms with van der Waals surface area (Å²) in [4.78, 5) is 35.3. The highest BCUT2D eigenvalue weighted by molar-refractivity contribution is 6.17. The van der Waals surface area contributed by atoms with Crippen molar-refractivity contribution < 1.29 is 14.3 Å². The van der Waals surface area contributed by atoms with E-state index in [4.69, 9.17) is 9.73 Å². The van der Waals surface area contributed by atoms with Gasteiger partial charge in [0, 0.05) is 5.71 Å². The van der Waals surface area contributed by atoms with Crippen LogP contribution in [0.25, 0.3) is 0 Å². The van der Waals surface area contributed by atoms with Crippen molar-refractivity contribution in [3.05, 3.63) is 47.0 Å². The minimum Gasteiger partial charge on any atom is -0.490 e. The van der Waals surface area contributed by atoms with Gasteiger partial charge in [0.1, 0.15) is 18.9 Å². The van der Waals surface area contributed by atoms with Crippen molar-refractivity contribution in [2.45, 2.75) is 40.0 Å². The zero-order valence-electron chi connectivity index (χ0n) is 18.3. The number of hydrogen-bond donors (Lipinski definition) is 0. The molecule has 31 heavy (non-hydrogen) atoms. The molecule has 3 aliphatic rings. The normalized spacial score (nSPS) is 19.8. The van der Waals surface area contributed by atoms with Gasteiger partial charge in [0.2, 0.25) is 11.8 Å². The lowest BCUT2D eigenvalue weighted by Gasteiger charge is -2.32. The number of aliphatic imine (C=N–C) groups is 1. The number of carbonyl (C=O) groups excluding carboxylic acids is 2. The van der Waals surface area contributed by atoms with E-state index in [1.165, 1.54) is 0 Å². The Morgan fingerprint density at radius 3 is 2.77 bits per heavy atom. The van der Waals surface area contributed by atoms with Crippen molar-refractivity contribution in [2.24, 2.45) is 10.9 Å². The van der Waals surface area contributed by atoms with E-state index in [0.717, 1.165) is 58.7 Å². The van der Waals surface area contributed by atoms with Crippen LogP contribution in [0.15, 0.2) is 35.3 Å². The van der Waals surface area contributed by atoms with Crippen molar-refractivity contribution in [1.82, 2.24) is 0 Å². The Morgan fingerprint density at radius 1 is 1.13 bits per heavy atom. The van der Waals surface area contributed by atoms with Gasteiger partial charge in [-0.15, -0.1) is 0 Å². The molecular weight excluding hydrogens is 390 g/mol. The smallest absolute Gasteiger partial charge is 0.247 e. The number of carbonyl (C=O) groups is 2. The zero-order chi connectivity index (χ0) is 21.7. The van der Waals surface area contributed by atoms with E-state index < -0.39 is 0 Å². The quantitative estimate of drug-likeness (QED) is 0.734. The zero-order valence-corrected chi connectivity index (χ0v) is 18.3. The fourth-order valence-electron chi connectivity index (χ4n) is 4.75.